The van der Waals surface area contributed by atoms with Crippen LogP contribution in [0.1, 0.15) is 73.1 Å². The van der Waals surface area contributed by atoms with Crippen LogP contribution >= 0.6 is 0 Å². The average Bonchev–Trinajstić information content (AvgIpc) is 2.24. The van der Waals surface area contributed by atoms with Crippen molar-refractivity contribution in [2.24, 2.45) is 5.41 Å². The van der Waals surface area contributed by atoms with Crippen molar-refractivity contribution in [2.45, 2.75) is 77.9 Å². The molecule has 0 saturated carbocycles. The minimum Gasteiger partial charge on any atom is -0.285 e. The Labute approximate surface area is 107 Å². The SMILES string of the molecule is CCC[C@](C)(CC)[C@](CC)(CCC)S(=O)(=O)O. The molecule has 0 fully saturated rings. The molecule has 0 heterocycles. The van der Waals surface area contributed by atoms with Gasteiger partial charge < -0.3 is 0 Å². The zero-order valence-electron chi connectivity index (χ0n) is 11.9. The van der Waals surface area contributed by atoms with E-state index in [0.29, 0.717) is 12.8 Å². The lowest BCUT2D eigenvalue weighted by Crippen LogP contribution is -2.51. The van der Waals surface area contributed by atoms with Crippen LogP contribution in [0.3, 0.4) is 0 Å². The van der Waals surface area contributed by atoms with E-state index in [1.54, 1.807) is 0 Å². The standard InChI is InChI=1S/C13H28O3S/c1-6-10-12(5,8-3)13(9-4,11-7-2)17(14,15)16/h6-11H2,1-5H3,(H,14,15,16)/t12-,13-/m0/s1. The second kappa shape index (κ2) is 6.19. The minimum absolute atomic E-state index is 0.347. The van der Waals surface area contributed by atoms with Crippen LogP contribution in [0, 0.1) is 5.41 Å². The molecule has 0 aromatic carbocycles. The molecule has 1 N–H and O–H groups in total. The normalized spacial score (nSPS) is 19.6. The third kappa shape index (κ3) is 3.02. The molecule has 0 bridgehead atoms. The number of hydrogen-bond donors (Lipinski definition) is 1. The molecular formula is C13H28O3S. The summed E-state index contributed by atoms with van der Waals surface area (Å²) in [6.45, 7) is 9.92. The molecular weight excluding hydrogens is 236 g/mol. The second-order valence-electron chi connectivity index (χ2n) is 5.24. The fraction of sp³-hybridized carbons (Fsp3) is 1.00. The number of hydrogen-bond acceptors (Lipinski definition) is 2. The molecule has 0 radical (unpaired) electrons. The summed E-state index contributed by atoms with van der Waals surface area (Å²) >= 11 is 0. The van der Waals surface area contributed by atoms with E-state index in [0.717, 1.165) is 25.7 Å². The van der Waals surface area contributed by atoms with Crippen molar-refractivity contribution in [2.75, 3.05) is 0 Å². The first-order valence-electron chi connectivity index (χ1n) is 6.71. The van der Waals surface area contributed by atoms with Crippen molar-refractivity contribution in [1.29, 1.82) is 0 Å². The summed E-state index contributed by atoms with van der Waals surface area (Å²) in [5.41, 5.74) is -0.347. The molecule has 104 valence electrons. The third-order valence-electron chi connectivity index (χ3n) is 4.40. The van der Waals surface area contributed by atoms with Gasteiger partial charge in [-0.2, -0.15) is 8.42 Å². The van der Waals surface area contributed by atoms with Crippen molar-refractivity contribution in [3.63, 3.8) is 0 Å². The minimum atomic E-state index is -4.03. The van der Waals surface area contributed by atoms with Gasteiger partial charge in [0.25, 0.3) is 10.1 Å². The highest BCUT2D eigenvalue weighted by Crippen LogP contribution is 2.48. The molecule has 17 heavy (non-hydrogen) atoms. The maximum Gasteiger partial charge on any atom is 0.271 e. The maximum atomic E-state index is 11.9. The molecule has 0 spiro atoms. The molecule has 0 aliphatic heterocycles. The van der Waals surface area contributed by atoms with E-state index in [9.17, 15) is 13.0 Å². The molecule has 3 nitrogen and oxygen atoms in total. The quantitative estimate of drug-likeness (QED) is 0.673. The molecule has 0 saturated heterocycles. The van der Waals surface area contributed by atoms with Crippen LogP contribution in [0.2, 0.25) is 0 Å². The first kappa shape index (κ1) is 16.9. The molecule has 2 atom stereocenters. The predicted molar refractivity (Wildman–Crippen MR) is 72.8 cm³/mol. The van der Waals surface area contributed by atoms with Gasteiger partial charge in [0, 0.05) is 0 Å². The number of rotatable bonds is 8. The zero-order valence-corrected chi connectivity index (χ0v) is 12.7. The van der Waals surface area contributed by atoms with Gasteiger partial charge in [0.2, 0.25) is 0 Å². The lowest BCUT2D eigenvalue weighted by atomic mass is 9.68. The maximum absolute atomic E-state index is 11.9. The van der Waals surface area contributed by atoms with E-state index in [4.69, 9.17) is 0 Å². The van der Waals surface area contributed by atoms with Crippen molar-refractivity contribution in [3.8, 4) is 0 Å². The van der Waals surface area contributed by atoms with Gasteiger partial charge in [-0.1, -0.05) is 47.5 Å². The highest BCUT2D eigenvalue weighted by molar-refractivity contribution is 7.87. The van der Waals surface area contributed by atoms with Crippen LogP contribution < -0.4 is 0 Å². The Morgan fingerprint density at radius 2 is 1.41 bits per heavy atom. The van der Waals surface area contributed by atoms with Gasteiger partial charge in [-0.05, 0) is 31.1 Å². The topological polar surface area (TPSA) is 54.4 Å². The molecule has 0 aliphatic carbocycles. The molecule has 0 aromatic heterocycles. The fourth-order valence-electron chi connectivity index (χ4n) is 3.21. The third-order valence-corrected chi connectivity index (χ3v) is 6.37. The first-order chi connectivity index (χ1) is 7.74. The smallest absolute Gasteiger partial charge is 0.271 e. The molecule has 0 aromatic rings. The van der Waals surface area contributed by atoms with Gasteiger partial charge in [0.1, 0.15) is 4.75 Å². The molecule has 4 heteroatoms. The van der Waals surface area contributed by atoms with Crippen LogP contribution in [0.4, 0.5) is 0 Å². The fourth-order valence-corrected chi connectivity index (χ4v) is 4.91. The van der Waals surface area contributed by atoms with Gasteiger partial charge in [0.05, 0.1) is 0 Å². The summed E-state index contributed by atoms with van der Waals surface area (Å²) in [5, 5.41) is 0. The van der Waals surface area contributed by atoms with Crippen LogP contribution in [0.15, 0.2) is 0 Å². The second-order valence-corrected chi connectivity index (χ2v) is 6.97. The van der Waals surface area contributed by atoms with Crippen molar-refractivity contribution in [1.82, 2.24) is 0 Å². The summed E-state index contributed by atoms with van der Waals surface area (Å²) in [4.78, 5) is 0. The molecule has 0 rings (SSSR count). The zero-order chi connectivity index (χ0) is 13.7. The Morgan fingerprint density at radius 1 is 0.941 bits per heavy atom. The van der Waals surface area contributed by atoms with Crippen LogP contribution in [0.5, 0.6) is 0 Å². The average molecular weight is 264 g/mol. The first-order valence-corrected chi connectivity index (χ1v) is 8.15. The van der Waals surface area contributed by atoms with Gasteiger partial charge in [-0.25, -0.2) is 0 Å². The Bertz CT molecular complexity index is 324. The highest BCUT2D eigenvalue weighted by Gasteiger charge is 2.53. The monoisotopic (exact) mass is 264 g/mol. The van der Waals surface area contributed by atoms with Crippen molar-refractivity contribution >= 4 is 10.1 Å². The van der Waals surface area contributed by atoms with E-state index in [1.165, 1.54) is 0 Å². The summed E-state index contributed by atoms with van der Waals surface area (Å²) in [6, 6.07) is 0. The van der Waals surface area contributed by atoms with E-state index in [2.05, 4.69) is 6.92 Å². The Kier molecular flexibility index (Phi) is 6.15. The largest absolute Gasteiger partial charge is 0.285 e. The van der Waals surface area contributed by atoms with E-state index in [1.807, 2.05) is 27.7 Å². The molecule has 0 amide bonds. The van der Waals surface area contributed by atoms with Gasteiger partial charge in [0.15, 0.2) is 0 Å². The summed E-state index contributed by atoms with van der Waals surface area (Å²) in [7, 11) is -4.03. The van der Waals surface area contributed by atoms with Crippen LogP contribution in [-0.4, -0.2) is 17.7 Å². The Morgan fingerprint density at radius 3 is 1.65 bits per heavy atom. The van der Waals surface area contributed by atoms with Crippen LogP contribution in [0.25, 0.3) is 0 Å². The van der Waals surface area contributed by atoms with Gasteiger partial charge in [-0.3, -0.25) is 4.55 Å². The van der Waals surface area contributed by atoms with E-state index in [-0.39, 0.29) is 5.41 Å². The molecule has 0 aliphatic rings. The van der Waals surface area contributed by atoms with Crippen molar-refractivity contribution < 1.29 is 13.0 Å². The summed E-state index contributed by atoms with van der Waals surface area (Å²) in [6.07, 6.45) is 4.32. The lowest BCUT2D eigenvalue weighted by Gasteiger charge is -2.46. The summed E-state index contributed by atoms with van der Waals surface area (Å²) in [5.74, 6) is 0. The van der Waals surface area contributed by atoms with Gasteiger partial charge >= 0.3 is 0 Å². The van der Waals surface area contributed by atoms with E-state index < -0.39 is 14.9 Å². The summed E-state index contributed by atoms with van der Waals surface area (Å²) < 4.78 is 32.6. The highest BCUT2D eigenvalue weighted by atomic mass is 32.2. The lowest BCUT2D eigenvalue weighted by molar-refractivity contribution is 0.155. The van der Waals surface area contributed by atoms with Crippen molar-refractivity contribution in [3.05, 3.63) is 0 Å². The van der Waals surface area contributed by atoms with Gasteiger partial charge in [-0.15, -0.1) is 0 Å². The Hall–Kier alpha value is -0.0900. The predicted octanol–water partition coefficient (Wildman–Crippen LogP) is 4.04. The van der Waals surface area contributed by atoms with Crippen LogP contribution in [-0.2, 0) is 10.1 Å². The van der Waals surface area contributed by atoms with E-state index >= 15 is 0 Å². The molecule has 0 unspecified atom stereocenters. The Balaban J connectivity index is 5.72.